The highest BCUT2D eigenvalue weighted by Crippen LogP contribution is 2.33. The number of amides is 1. The van der Waals surface area contributed by atoms with Crippen molar-refractivity contribution < 1.29 is 9.53 Å². The molecule has 102 valence electrons. The second-order valence-electron chi connectivity index (χ2n) is 4.57. The summed E-state index contributed by atoms with van der Waals surface area (Å²) < 4.78 is 5.58. The molecule has 6 heteroatoms. The summed E-state index contributed by atoms with van der Waals surface area (Å²) in [5.74, 6) is 0.824. The van der Waals surface area contributed by atoms with Crippen LogP contribution < -0.4 is 21.5 Å². The smallest absolute Gasteiger partial charge is 0.250 e. The van der Waals surface area contributed by atoms with E-state index in [1.165, 1.54) is 6.20 Å². The Morgan fingerprint density at radius 1 is 1.40 bits per heavy atom. The number of carbonyl (C=O) groups excluding carboxylic acids is 1. The lowest BCUT2D eigenvalue weighted by molar-refractivity contribution is 0.100. The number of nitrogens with two attached hydrogens (primary N) is 2. The van der Waals surface area contributed by atoms with E-state index in [-0.39, 0.29) is 17.3 Å². The van der Waals surface area contributed by atoms with Crippen molar-refractivity contribution in [2.24, 2.45) is 5.73 Å². The molecule has 5 N–H and O–H groups in total. The molecule has 20 heavy (non-hydrogen) atoms. The largest absolute Gasteiger partial charge is 0.491 e. The molecule has 1 unspecified atom stereocenters. The molecule has 1 atom stereocenters. The number of pyridine rings is 1. The number of para-hydroxylation sites is 1. The summed E-state index contributed by atoms with van der Waals surface area (Å²) in [5, 5.41) is 3.22. The van der Waals surface area contributed by atoms with E-state index < -0.39 is 5.91 Å². The summed E-state index contributed by atoms with van der Waals surface area (Å²) >= 11 is 0. The number of hydrogen-bond acceptors (Lipinski definition) is 5. The van der Waals surface area contributed by atoms with E-state index >= 15 is 0 Å². The van der Waals surface area contributed by atoms with E-state index in [0.29, 0.717) is 12.4 Å². The molecular formula is C14H14N4O2. The zero-order valence-electron chi connectivity index (χ0n) is 10.7. The number of aromatic nitrogens is 1. The summed E-state index contributed by atoms with van der Waals surface area (Å²) in [4.78, 5) is 15.4. The number of nitrogen functional groups attached to an aromatic ring is 1. The highest BCUT2D eigenvalue weighted by molar-refractivity contribution is 5.98. The Labute approximate surface area is 115 Å². The Bertz CT molecular complexity index is 672. The number of rotatable bonds is 3. The summed E-state index contributed by atoms with van der Waals surface area (Å²) in [7, 11) is 0. The molecular weight excluding hydrogens is 256 g/mol. The van der Waals surface area contributed by atoms with Crippen LogP contribution in [0.1, 0.15) is 22.0 Å². The normalized spacial score (nSPS) is 16.3. The molecule has 3 rings (SSSR count). The molecule has 0 saturated heterocycles. The van der Waals surface area contributed by atoms with Crippen molar-refractivity contribution in [1.29, 1.82) is 0 Å². The van der Waals surface area contributed by atoms with Gasteiger partial charge in [0.05, 0.1) is 23.5 Å². The quantitative estimate of drug-likeness (QED) is 0.780. The van der Waals surface area contributed by atoms with Crippen LogP contribution >= 0.6 is 0 Å². The van der Waals surface area contributed by atoms with Gasteiger partial charge in [-0.1, -0.05) is 18.2 Å². The fourth-order valence-electron chi connectivity index (χ4n) is 2.22. The summed E-state index contributed by atoms with van der Waals surface area (Å²) in [6, 6.07) is 9.33. The van der Waals surface area contributed by atoms with E-state index in [4.69, 9.17) is 16.2 Å². The first-order valence-corrected chi connectivity index (χ1v) is 6.19. The van der Waals surface area contributed by atoms with Crippen molar-refractivity contribution >= 4 is 17.4 Å². The van der Waals surface area contributed by atoms with Gasteiger partial charge < -0.3 is 21.5 Å². The number of carbonyl (C=O) groups is 1. The molecule has 2 aromatic rings. The molecule has 0 aliphatic carbocycles. The van der Waals surface area contributed by atoms with Crippen LogP contribution in [0, 0.1) is 0 Å². The second-order valence-corrected chi connectivity index (χ2v) is 4.57. The molecule has 1 amide bonds. The van der Waals surface area contributed by atoms with Gasteiger partial charge in [-0.15, -0.1) is 0 Å². The Kier molecular flexibility index (Phi) is 2.90. The van der Waals surface area contributed by atoms with Gasteiger partial charge in [-0.3, -0.25) is 4.79 Å². The molecule has 0 saturated carbocycles. The zero-order valence-corrected chi connectivity index (χ0v) is 10.7. The number of nitrogens with zero attached hydrogens (tertiary/aromatic N) is 1. The topological polar surface area (TPSA) is 103 Å². The molecule has 6 nitrogen and oxygen atoms in total. The van der Waals surface area contributed by atoms with Gasteiger partial charge in [0.2, 0.25) is 0 Å². The maximum atomic E-state index is 11.3. The molecule has 0 fully saturated rings. The van der Waals surface area contributed by atoms with E-state index in [0.717, 1.165) is 11.3 Å². The van der Waals surface area contributed by atoms with Crippen molar-refractivity contribution in [2.45, 2.75) is 6.04 Å². The summed E-state index contributed by atoms with van der Waals surface area (Å²) in [6.07, 6.45) is 1.42. The lowest BCUT2D eigenvalue weighted by Crippen LogP contribution is -2.17. The van der Waals surface area contributed by atoms with Gasteiger partial charge in [0, 0.05) is 5.56 Å². The van der Waals surface area contributed by atoms with Crippen LogP contribution in [-0.2, 0) is 0 Å². The Balaban J connectivity index is 1.86. The average Bonchev–Trinajstić information content (AvgIpc) is 2.84. The Hall–Kier alpha value is -2.76. The van der Waals surface area contributed by atoms with Gasteiger partial charge >= 0.3 is 0 Å². The first-order valence-electron chi connectivity index (χ1n) is 6.19. The van der Waals surface area contributed by atoms with Gasteiger partial charge in [-0.2, -0.15) is 0 Å². The third-order valence-electron chi connectivity index (χ3n) is 3.22. The highest BCUT2D eigenvalue weighted by Gasteiger charge is 2.24. The van der Waals surface area contributed by atoms with Gasteiger partial charge in [0.15, 0.2) is 0 Å². The van der Waals surface area contributed by atoms with Gasteiger partial charge in [0.1, 0.15) is 18.2 Å². The van der Waals surface area contributed by atoms with Crippen LogP contribution in [0.2, 0.25) is 0 Å². The third kappa shape index (κ3) is 2.11. The van der Waals surface area contributed by atoms with Crippen molar-refractivity contribution in [1.82, 2.24) is 4.98 Å². The zero-order chi connectivity index (χ0) is 14.1. The maximum Gasteiger partial charge on any atom is 0.250 e. The van der Waals surface area contributed by atoms with Gasteiger partial charge in [-0.05, 0) is 12.1 Å². The Morgan fingerprint density at radius 3 is 3.00 bits per heavy atom. The number of hydrogen-bond donors (Lipinski definition) is 3. The van der Waals surface area contributed by atoms with Crippen molar-refractivity contribution in [3.8, 4) is 5.75 Å². The van der Waals surface area contributed by atoms with Crippen LogP contribution in [0.25, 0.3) is 0 Å². The predicted molar refractivity (Wildman–Crippen MR) is 75.5 cm³/mol. The minimum Gasteiger partial charge on any atom is -0.491 e. The fourth-order valence-corrected chi connectivity index (χ4v) is 2.22. The van der Waals surface area contributed by atoms with Crippen LogP contribution in [0.4, 0.5) is 11.5 Å². The second kappa shape index (κ2) is 4.73. The number of ether oxygens (including phenoxy) is 1. The first-order chi connectivity index (χ1) is 9.65. The molecule has 0 bridgehead atoms. The molecule has 1 aliphatic heterocycles. The number of nitrogens with one attached hydrogen (secondary N) is 1. The monoisotopic (exact) mass is 270 g/mol. The van der Waals surface area contributed by atoms with Crippen molar-refractivity contribution in [2.75, 3.05) is 17.7 Å². The SMILES string of the molecule is NC(=O)c1cc(NC2COc3ccccc32)ncc1N. The first kappa shape index (κ1) is 12.3. The lowest BCUT2D eigenvalue weighted by atomic mass is 10.1. The molecule has 2 heterocycles. The molecule has 1 aliphatic rings. The molecule has 0 spiro atoms. The molecule has 0 radical (unpaired) electrons. The number of primary amides is 1. The third-order valence-corrected chi connectivity index (χ3v) is 3.22. The van der Waals surface area contributed by atoms with E-state index in [9.17, 15) is 4.79 Å². The van der Waals surface area contributed by atoms with Crippen molar-refractivity contribution in [3.05, 3.63) is 47.7 Å². The van der Waals surface area contributed by atoms with Gasteiger partial charge in [-0.25, -0.2) is 4.98 Å². The summed E-state index contributed by atoms with van der Waals surface area (Å²) in [5.41, 5.74) is 12.5. The van der Waals surface area contributed by atoms with E-state index in [1.807, 2.05) is 24.3 Å². The minimum absolute atomic E-state index is 0.0111. The van der Waals surface area contributed by atoms with Crippen LogP contribution in [-0.4, -0.2) is 17.5 Å². The minimum atomic E-state index is -0.573. The molecule has 1 aromatic heterocycles. The number of anilines is 2. The number of fused-ring (bicyclic) bond motifs is 1. The predicted octanol–water partition coefficient (Wildman–Crippen LogP) is 1.31. The lowest BCUT2D eigenvalue weighted by Gasteiger charge is -2.13. The van der Waals surface area contributed by atoms with E-state index in [1.54, 1.807) is 6.07 Å². The van der Waals surface area contributed by atoms with Gasteiger partial charge in [0.25, 0.3) is 5.91 Å². The maximum absolute atomic E-state index is 11.3. The fraction of sp³-hybridized carbons (Fsp3) is 0.143. The van der Waals surface area contributed by atoms with Crippen LogP contribution in [0.5, 0.6) is 5.75 Å². The Morgan fingerprint density at radius 2 is 2.20 bits per heavy atom. The van der Waals surface area contributed by atoms with Crippen LogP contribution in [0.3, 0.4) is 0 Å². The standard InChI is InChI=1S/C14H14N4O2/c15-10-6-17-13(5-9(10)14(16)19)18-11-7-20-12-4-2-1-3-8(11)12/h1-6,11H,7,15H2,(H2,16,19)(H,17,18). The average molecular weight is 270 g/mol. The molecule has 1 aromatic carbocycles. The summed E-state index contributed by atoms with van der Waals surface area (Å²) in [6.45, 7) is 0.511. The van der Waals surface area contributed by atoms with E-state index in [2.05, 4.69) is 10.3 Å². The van der Waals surface area contributed by atoms with Crippen molar-refractivity contribution in [3.63, 3.8) is 0 Å². The van der Waals surface area contributed by atoms with Crippen LogP contribution in [0.15, 0.2) is 36.5 Å². The highest BCUT2D eigenvalue weighted by atomic mass is 16.5. The number of benzene rings is 1.